The Labute approximate surface area is 398 Å². The Balaban J connectivity index is 0.0000000933. The summed E-state index contributed by atoms with van der Waals surface area (Å²) in [6.07, 6.45) is 0. The Bertz CT molecular complexity index is 4120. The number of aromatic nitrogens is 24. The van der Waals surface area contributed by atoms with Crippen molar-refractivity contribution in [3.05, 3.63) is 140 Å². The van der Waals surface area contributed by atoms with Crippen molar-refractivity contribution in [3.8, 4) is 45.0 Å². The third kappa shape index (κ3) is 6.11. The van der Waals surface area contributed by atoms with Gasteiger partial charge in [0, 0.05) is 44.5 Å². The highest BCUT2D eigenvalue weighted by Gasteiger charge is 2.36. The van der Waals surface area contributed by atoms with Crippen LogP contribution in [0.3, 0.4) is 0 Å². The van der Waals surface area contributed by atoms with Crippen LogP contribution in [0, 0.1) is 27.7 Å². The summed E-state index contributed by atoms with van der Waals surface area (Å²) in [5.74, 6) is 0.545. The predicted octanol–water partition coefficient (Wildman–Crippen LogP) is 1.74. The molecule has 0 bridgehead atoms. The summed E-state index contributed by atoms with van der Waals surface area (Å²) in [5.41, 5.74) is 13.1. The van der Waals surface area contributed by atoms with Crippen molar-refractivity contribution in [3.63, 3.8) is 0 Å². The molecule has 0 fully saturated rings. The van der Waals surface area contributed by atoms with Crippen LogP contribution in [-0.4, -0.2) is 144 Å². The van der Waals surface area contributed by atoms with Gasteiger partial charge in [0.05, 0.1) is 0 Å². The number of carbonyl (C=O) groups excluding carboxylic acids is 4. The number of ketones is 4. The molecule has 12 aromatic rings. The molecule has 28 nitrogen and oxygen atoms in total. The molecule has 16 rings (SSSR count). The lowest BCUT2D eigenvalue weighted by Crippen LogP contribution is -2.06. The van der Waals surface area contributed by atoms with E-state index in [1.807, 2.05) is 88.4 Å². The monoisotopic (exact) mass is 952 g/mol. The average molecular weight is 953 g/mol. The second-order valence-corrected chi connectivity index (χ2v) is 16.4. The molecular weight excluding hydrogens is 929 g/mol. The number of fused-ring (bicyclic) bond motifs is 16. The highest BCUT2D eigenvalue weighted by molar-refractivity contribution is 6.22. The lowest BCUT2D eigenvalue weighted by molar-refractivity contribution is 0.102. The van der Waals surface area contributed by atoms with Gasteiger partial charge < -0.3 is 0 Å². The van der Waals surface area contributed by atoms with Gasteiger partial charge in [-0.15, -0.1) is 20.4 Å². The van der Waals surface area contributed by atoms with E-state index < -0.39 is 0 Å². The highest BCUT2D eigenvalue weighted by atomic mass is 16.1. The van der Waals surface area contributed by atoms with Gasteiger partial charge >= 0.3 is 0 Å². The predicted molar refractivity (Wildman–Crippen MR) is 240 cm³/mol. The van der Waals surface area contributed by atoms with Crippen LogP contribution in [0.5, 0.6) is 0 Å². The van der Waals surface area contributed by atoms with E-state index >= 15 is 0 Å². The molecule has 4 aliphatic carbocycles. The number of tetrazole rings is 4. The van der Waals surface area contributed by atoms with Crippen LogP contribution in [0.15, 0.2) is 72.8 Å². The maximum absolute atomic E-state index is 12.3. The molecule has 8 aromatic heterocycles. The van der Waals surface area contributed by atoms with Crippen molar-refractivity contribution in [2.45, 2.75) is 27.7 Å². The molecule has 0 saturated heterocycles. The van der Waals surface area contributed by atoms with Gasteiger partial charge in [-0.25, -0.2) is 19.9 Å². The minimum atomic E-state index is -0.131. The summed E-state index contributed by atoms with van der Waals surface area (Å²) in [6, 6.07) is 22.4. The second-order valence-electron chi connectivity index (χ2n) is 16.4. The smallest absolute Gasteiger partial charge is 0.287 e. The minimum absolute atomic E-state index is 0.115. The summed E-state index contributed by atoms with van der Waals surface area (Å²) in [7, 11) is 0. The molecule has 0 amide bonds. The first-order valence-corrected chi connectivity index (χ1v) is 21.5. The Kier molecular flexibility index (Phi) is 8.83. The number of hydrogen-bond donors (Lipinski definition) is 0. The number of carbonyl (C=O) groups is 4. The Morgan fingerprint density at radius 1 is 0.306 bits per heavy atom. The minimum Gasteiger partial charge on any atom is -0.287 e. The van der Waals surface area contributed by atoms with Crippen molar-refractivity contribution in [1.29, 1.82) is 0 Å². The van der Waals surface area contributed by atoms with E-state index in [4.69, 9.17) is 0 Å². The molecule has 0 radical (unpaired) electrons. The molecule has 4 aromatic carbocycles. The fourth-order valence-corrected chi connectivity index (χ4v) is 8.92. The first-order valence-electron chi connectivity index (χ1n) is 21.5. The van der Waals surface area contributed by atoms with E-state index in [1.54, 1.807) is 12.1 Å². The second kappa shape index (κ2) is 15.4. The molecule has 0 spiro atoms. The fourth-order valence-electron chi connectivity index (χ4n) is 8.92. The van der Waals surface area contributed by atoms with Gasteiger partial charge in [-0.05, 0) is 91.7 Å². The van der Waals surface area contributed by atoms with Crippen LogP contribution in [0.25, 0.3) is 68.1 Å². The van der Waals surface area contributed by atoms with E-state index in [0.717, 1.165) is 53.8 Å². The Hall–Kier alpha value is -10.8. The average Bonchev–Trinajstić information content (AvgIpc) is 4.28. The molecule has 0 atom stereocenters. The number of benzene rings is 4. The van der Waals surface area contributed by atoms with Gasteiger partial charge in [-0.1, -0.05) is 112 Å². The lowest BCUT2D eigenvalue weighted by Gasteiger charge is -2.01. The maximum Gasteiger partial charge on any atom is 0.292 e. The van der Waals surface area contributed by atoms with Gasteiger partial charge in [-0.2, -0.15) is 0 Å². The molecular formula is C44H24N24O4. The van der Waals surface area contributed by atoms with Crippen LogP contribution in [0.1, 0.15) is 86.5 Å². The van der Waals surface area contributed by atoms with E-state index in [2.05, 4.69) is 102 Å². The van der Waals surface area contributed by atoms with Crippen molar-refractivity contribution < 1.29 is 19.2 Å². The largest absolute Gasteiger partial charge is 0.292 e. The molecule has 72 heavy (non-hydrogen) atoms. The first kappa shape index (κ1) is 41.4. The molecule has 0 N–H and O–H groups in total. The van der Waals surface area contributed by atoms with Gasteiger partial charge in [0.25, 0.3) is 23.1 Å². The van der Waals surface area contributed by atoms with E-state index in [0.29, 0.717) is 67.8 Å². The van der Waals surface area contributed by atoms with Crippen LogP contribution in [0.2, 0.25) is 0 Å². The van der Waals surface area contributed by atoms with Crippen molar-refractivity contribution in [2.75, 3.05) is 0 Å². The molecule has 344 valence electrons. The normalized spacial score (nSPS) is 12.8. The lowest BCUT2D eigenvalue weighted by atomic mass is 10.0. The van der Waals surface area contributed by atoms with Crippen molar-refractivity contribution >= 4 is 46.2 Å². The quantitative estimate of drug-likeness (QED) is 0.209. The summed E-state index contributed by atoms with van der Waals surface area (Å²) in [5, 5.41) is 60.2. The van der Waals surface area contributed by atoms with E-state index in [-0.39, 0.29) is 46.2 Å². The van der Waals surface area contributed by atoms with Gasteiger partial charge in [0.2, 0.25) is 23.1 Å². The topological polar surface area (TPSA) is 344 Å². The summed E-state index contributed by atoms with van der Waals surface area (Å²) in [6.45, 7) is 7.67. The summed E-state index contributed by atoms with van der Waals surface area (Å²) >= 11 is 0. The SMILES string of the molecule is Cc1cccc2c1-c1nc3nnnn3nc1C2=O.Cc1cccc2c1-c1nn3nnnc3nc1C2=O.Cc1cccc2c1C(=O)c1nc3nnnn3nc1-2.Cc1cccc2c1C(=O)c1nn3nnnc3nc1-2. The number of hydrogen-bond acceptors (Lipinski definition) is 24. The third-order valence-electron chi connectivity index (χ3n) is 12.2. The molecule has 28 heteroatoms. The van der Waals surface area contributed by atoms with E-state index in [1.165, 1.54) is 9.26 Å². The molecule has 0 unspecified atom stereocenters. The van der Waals surface area contributed by atoms with Gasteiger partial charge in [-0.3, -0.25) is 19.2 Å². The Morgan fingerprint density at radius 2 is 0.625 bits per heavy atom. The van der Waals surface area contributed by atoms with Crippen LogP contribution in [0.4, 0.5) is 0 Å². The molecule has 0 saturated carbocycles. The number of rotatable bonds is 0. The third-order valence-corrected chi connectivity index (χ3v) is 12.2. The maximum atomic E-state index is 12.3. The van der Waals surface area contributed by atoms with Crippen molar-refractivity contribution in [2.24, 2.45) is 0 Å². The number of nitrogens with zero attached hydrogens (tertiary/aromatic N) is 24. The first-order chi connectivity index (χ1) is 35.0. The highest BCUT2D eigenvalue weighted by Crippen LogP contribution is 2.39. The summed E-state index contributed by atoms with van der Waals surface area (Å²) < 4.78 is 4.78. The van der Waals surface area contributed by atoms with Gasteiger partial charge in [0.15, 0.2) is 11.4 Å². The van der Waals surface area contributed by atoms with E-state index in [9.17, 15) is 19.2 Å². The zero-order valence-corrected chi connectivity index (χ0v) is 37.3. The fraction of sp³-hybridized carbons (Fsp3) is 0.0909. The molecule has 8 heterocycles. The van der Waals surface area contributed by atoms with Crippen molar-refractivity contribution in [1.82, 2.24) is 121 Å². The zero-order chi connectivity index (χ0) is 49.1. The van der Waals surface area contributed by atoms with Crippen LogP contribution < -0.4 is 0 Å². The zero-order valence-electron chi connectivity index (χ0n) is 37.3. The van der Waals surface area contributed by atoms with Crippen LogP contribution in [-0.2, 0) is 0 Å². The number of aryl methyl sites for hydroxylation is 4. The summed E-state index contributed by atoms with van der Waals surface area (Å²) in [4.78, 5) is 66.0. The molecule has 0 aliphatic heterocycles. The standard InChI is InChI=1S/4C11H6N6O/c1-5-3-2-4-6-7(5)8-9(10(6)18)12-11-13-15-16-17(11)14-8;1-5-3-2-4-6-7(5)8-9(10(6)18)14-17-11(12-8)13-15-16-17;1-5-3-2-4-6-7(5)10(18)9-8(6)14-17-11(12-9)13-15-16-17;1-5-3-2-4-6-7(5)10(18)9-8(6)12-11-13-15-16-17(11)14-9/h4*2-4H,1H3. The van der Waals surface area contributed by atoms with Gasteiger partial charge in [0.1, 0.15) is 34.2 Å². The van der Waals surface area contributed by atoms with Crippen LogP contribution >= 0.6 is 0 Å². The Morgan fingerprint density at radius 3 is 1.11 bits per heavy atom. The molecule has 4 aliphatic rings.